The number of benzene rings is 3. The third-order valence-corrected chi connectivity index (χ3v) is 6.59. The van der Waals surface area contributed by atoms with Gasteiger partial charge in [0.15, 0.2) is 0 Å². The zero-order valence-electron chi connectivity index (χ0n) is 16.0. The molecule has 6 nitrogen and oxygen atoms in total. The van der Waals surface area contributed by atoms with E-state index in [1.807, 2.05) is 12.1 Å². The summed E-state index contributed by atoms with van der Waals surface area (Å²) in [5, 5.41) is 1.27. The van der Waals surface area contributed by atoms with Crippen LogP contribution in [0.4, 0.5) is 0 Å². The number of methoxy groups -OCH3 is 2. The Kier molecular flexibility index (Phi) is 6.26. The van der Waals surface area contributed by atoms with Crippen LogP contribution < -0.4 is 4.74 Å². The molecule has 3 aromatic carbocycles. The minimum atomic E-state index is -4.16. The molecular formula is C21H19BrO6S. The van der Waals surface area contributed by atoms with E-state index in [4.69, 9.17) is 13.7 Å². The maximum Gasteiger partial charge on any atom is 0.337 e. The molecule has 1 unspecified atom stereocenters. The molecule has 3 rings (SSSR count). The van der Waals surface area contributed by atoms with Gasteiger partial charge in [-0.1, -0.05) is 52.3 Å². The van der Waals surface area contributed by atoms with E-state index >= 15 is 0 Å². The summed E-state index contributed by atoms with van der Waals surface area (Å²) in [6.45, 7) is 1.62. The highest BCUT2D eigenvalue weighted by Crippen LogP contribution is 2.36. The molecule has 0 heterocycles. The Morgan fingerprint density at radius 2 is 1.76 bits per heavy atom. The van der Waals surface area contributed by atoms with Crippen molar-refractivity contribution in [2.75, 3.05) is 14.2 Å². The molecule has 0 aliphatic rings. The monoisotopic (exact) mass is 478 g/mol. The van der Waals surface area contributed by atoms with Crippen molar-refractivity contribution in [3.05, 3.63) is 70.2 Å². The Balaban J connectivity index is 2.00. The largest absolute Gasteiger partial charge is 0.495 e. The van der Waals surface area contributed by atoms with Crippen LogP contribution in [0.15, 0.2) is 64.0 Å². The topological polar surface area (TPSA) is 78.9 Å². The molecule has 0 saturated heterocycles. The molecule has 29 heavy (non-hydrogen) atoms. The van der Waals surface area contributed by atoms with Crippen LogP contribution in [0.2, 0.25) is 0 Å². The molecule has 152 valence electrons. The van der Waals surface area contributed by atoms with Gasteiger partial charge in [0, 0.05) is 9.86 Å². The molecule has 0 aliphatic heterocycles. The molecule has 0 bridgehead atoms. The van der Waals surface area contributed by atoms with Gasteiger partial charge in [-0.3, -0.25) is 4.18 Å². The van der Waals surface area contributed by atoms with E-state index in [2.05, 4.69) is 15.9 Å². The number of esters is 1. The van der Waals surface area contributed by atoms with E-state index in [1.54, 1.807) is 49.4 Å². The summed E-state index contributed by atoms with van der Waals surface area (Å²) in [4.78, 5) is 11.7. The Labute approximate surface area is 177 Å². The first kappa shape index (κ1) is 21.3. The van der Waals surface area contributed by atoms with Gasteiger partial charge >= 0.3 is 16.1 Å². The number of fused-ring (bicyclic) bond motifs is 1. The molecule has 0 fully saturated rings. The number of carbonyl (C=O) groups is 1. The van der Waals surface area contributed by atoms with E-state index < -0.39 is 22.2 Å². The van der Waals surface area contributed by atoms with Gasteiger partial charge in [0.05, 0.1) is 19.8 Å². The maximum atomic E-state index is 13.2. The Hall–Kier alpha value is -2.42. The zero-order valence-corrected chi connectivity index (χ0v) is 18.4. The van der Waals surface area contributed by atoms with Gasteiger partial charge in [0.25, 0.3) is 0 Å². The highest BCUT2D eigenvalue weighted by atomic mass is 79.9. The number of hydrogen-bond donors (Lipinski definition) is 0. The fourth-order valence-electron chi connectivity index (χ4n) is 3.03. The maximum absolute atomic E-state index is 13.2. The van der Waals surface area contributed by atoms with Crippen LogP contribution in [0, 0.1) is 0 Å². The van der Waals surface area contributed by atoms with Gasteiger partial charge in [0.1, 0.15) is 16.7 Å². The molecule has 0 saturated carbocycles. The van der Waals surface area contributed by atoms with E-state index in [0.717, 1.165) is 5.39 Å². The van der Waals surface area contributed by atoms with Crippen LogP contribution in [-0.4, -0.2) is 28.6 Å². The number of rotatable bonds is 6. The summed E-state index contributed by atoms with van der Waals surface area (Å²) >= 11 is 3.37. The predicted octanol–water partition coefficient (Wildman–Crippen LogP) is 4.86. The number of halogens is 1. The molecule has 0 radical (unpaired) electrons. The lowest BCUT2D eigenvalue weighted by molar-refractivity contribution is 0.0600. The van der Waals surface area contributed by atoms with Gasteiger partial charge < -0.3 is 9.47 Å². The molecule has 0 spiro atoms. The van der Waals surface area contributed by atoms with Gasteiger partial charge in [-0.25, -0.2) is 4.79 Å². The van der Waals surface area contributed by atoms with Crippen LogP contribution in [0.3, 0.4) is 0 Å². The SMILES string of the molecule is COC(=O)c1ccc(C(C)OS(=O)(=O)c2c(OC)ccc3ccccc23)c(Br)c1. The smallest absolute Gasteiger partial charge is 0.337 e. The quantitative estimate of drug-likeness (QED) is 0.371. The first-order chi connectivity index (χ1) is 13.8. The molecule has 1 atom stereocenters. The lowest BCUT2D eigenvalue weighted by atomic mass is 10.1. The van der Waals surface area contributed by atoms with Gasteiger partial charge in [0.2, 0.25) is 0 Å². The lowest BCUT2D eigenvalue weighted by Crippen LogP contribution is -2.13. The second kappa shape index (κ2) is 8.52. The van der Waals surface area contributed by atoms with Crippen molar-refractivity contribution in [3.63, 3.8) is 0 Å². The molecule has 0 amide bonds. The van der Waals surface area contributed by atoms with E-state index in [1.165, 1.54) is 14.2 Å². The Morgan fingerprint density at radius 3 is 2.41 bits per heavy atom. The summed E-state index contributed by atoms with van der Waals surface area (Å²) in [5.41, 5.74) is 0.911. The molecular weight excluding hydrogens is 460 g/mol. The summed E-state index contributed by atoms with van der Waals surface area (Å²) in [5.74, 6) is -0.282. The summed E-state index contributed by atoms with van der Waals surface area (Å²) < 4.78 is 42.3. The van der Waals surface area contributed by atoms with Crippen LogP contribution in [0.25, 0.3) is 10.8 Å². The first-order valence-corrected chi connectivity index (χ1v) is 10.9. The van der Waals surface area contributed by atoms with Crippen molar-refractivity contribution >= 4 is 42.8 Å². The summed E-state index contributed by atoms with van der Waals surface area (Å²) in [6, 6.07) is 15.2. The minimum absolute atomic E-state index is 0.0211. The van der Waals surface area contributed by atoms with Crippen LogP contribution in [0.1, 0.15) is 28.9 Å². The fraction of sp³-hybridized carbons (Fsp3) is 0.190. The van der Waals surface area contributed by atoms with E-state index in [-0.39, 0.29) is 10.6 Å². The standard InChI is InChI=1S/C21H19BrO6S/c1-13(16-10-8-15(12-18(16)22)21(23)27-3)28-29(24,25)20-17-7-5-4-6-14(17)9-11-19(20)26-2/h4-13H,1-3H3. The second-order valence-corrected chi connectivity index (χ2v) is 8.60. The zero-order chi connectivity index (χ0) is 21.2. The third kappa shape index (κ3) is 4.29. The average molecular weight is 479 g/mol. The lowest BCUT2D eigenvalue weighted by Gasteiger charge is -2.18. The number of hydrogen-bond acceptors (Lipinski definition) is 6. The fourth-order valence-corrected chi connectivity index (χ4v) is 5.17. The Bertz CT molecular complexity index is 1170. The minimum Gasteiger partial charge on any atom is -0.495 e. The van der Waals surface area contributed by atoms with Crippen LogP contribution >= 0.6 is 15.9 Å². The molecule has 3 aromatic rings. The molecule has 8 heteroatoms. The van der Waals surface area contributed by atoms with E-state index in [9.17, 15) is 13.2 Å². The van der Waals surface area contributed by atoms with Crippen molar-refractivity contribution in [1.29, 1.82) is 0 Å². The molecule has 0 aromatic heterocycles. The van der Waals surface area contributed by atoms with Gasteiger partial charge in [-0.05, 0) is 36.1 Å². The van der Waals surface area contributed by atoms with Crippen molar-refractivity contribution < 1.29 is 26.9 Å². The Morgan fingerprint density at radius 1 is 1.03 bits per heavy atom. The van der Waals surface area contributed by atoms with Crippen LogP contribution in [-0.2, 0) is 19.0 Å². The summed E-state index contributed by atoms with van der Waals surface area (Å²) in [6.07, 6.45) is -0.815. The van der Waals surface area contributed by atoms with E-state index in [0.29, 0.717) is 21.0 Å². The van der Waals surface area contributed by atoms with Crippen molar-refractivity contribution in [2.45, 2.75) is 17.9 Å². The molecule has 0 aliphatic carbocycles. The highest BCUT2D eigenvalue weighted by molar-refractivity contribution is 9.10. The predicted molar refractivity (Wildman–Crippen MR) is 113 cm³/mol. The summed E-state index contributed by atoms with van der Waals surface area (Å²) in [7, 11) is -1.46. The van der Waals surface area contributed by atoms with Crippen molar-refractivity contribution in [3.8, 4) is 5.75 Å². The third-order valence-electron chi connectivity index (χ3n) is 4.44. The highest BCUT2D eigenvalue weighted by Gasteiger charge is 2.27. The number of ether oxygens (including phenoxy) is 2. The van der Waals surface area contributed by atoms with Crippen molar-refractivity contribution in [1.82, 2.24) is 0 Å². The average Bonchev–Trinajstić information content (AvgIpc) is 2.71. The van der Waals surface area contributed by atoms with Crippen LogP contribution in [0.5, 0.6) is 5.75 Å². The normalized spacial score (nSPS) is 12.6. The van der Waals surface area contributed by atoms with Gasteiger partial charge in [-0.15, -0.1) is 0 Å². The van der Waals surface area contributed by atoms with Gasteiger partial charge in [-0.2, -0.15) is 8.42 Å². The second-order valence-electron chi connectivity index (χ2n) is 6.24. The van der Waals surface area contributed by atoms with Crippen molar-refractivity contribution in [2.24, 2.45) is 0 Å². The molecule has 0 N–H and O–H groups in total. The number of carbonyl (C=O) groups excluding carboxylic acids is 1. The first-order valence-electron chi connectivity index (χ1n) is 8.65.